The number of likely N-dealkylation sites (tertiary alicyclic amines) is 1. The van der Waals surface area contributed by atoms with Crippen LogP contribution in [-0.2, 0) is 0 Å². The SMILES string of the molecule is O=c1c2ccccc2c2nc3ccc(NCCN4CCCC4)cn3c2n1-c1ccc([N+](=O)[O-])cc1. The van der Waals surface area contributed by atoms with Crippen molar-refractivity contribution in [2.24, 2.45) is 0 Å². The number of benzene rings is 2. The van der Waals surface area contributed by atoms with E-state index >= 15 is 0 Å². The van der Waals surface area contributed by atoms with Crippen LogP contribution in [0.4, 0.5) is 11.4 Å². The Morgan fingerprint density at radius 1 is 0.971 bits per heavy atom. The van der Waals surface area contributed by atoms with Gasteiger partial charge in [-0.2, -0.15) is 0 Å². The summed E-state index contributed by atoms with van der Waals surface area (Å²) in [6.45, 7) is 4.13. The third kappa shape index (κ3) is 3.70. The molecule has 6 rings (SSSR count). The Hall–Kier alpha value is -4.24. The molecule has 1 aliphatic heterocycles. The number of fused-ring (bicyclic) bond motifs is 5. The normalized spacial score (nSPS) is 14.3. The summed E-state index contributed by atoms with van der Waals surface area (Å²) in [6.07, 6.45) is 4.49. The second-order valence-electron chi connectivity index (χ2n) is 8.87. The van der Waals surface area contributed by atoms with Gasteiger partial charge in [-0.1, -0.05) is 18.2 Å². The first-order valence-corrected chi connectivity index (χ1v) is 11.8. The van der Waals surface area contributed by atoms with Gasteiger partial charge in [0.2, 0.25) is 0 Å². The summed E-state index contributed by atoms with van der Waals surface area (Å²) in [4.78, 5) is 31.7. The first-order chi connectivity index (χ1) is 17.1. The van der Waals surface area contributed by atoms with Crippen molar-refractivity contribution in [3.8, 4) is 5.69 Å². The van der Waals surface area contributed by atoms with Crippen LogP contribution in [0.15, 0.2) is 71.7 Å². The molecular formula is C26H24N6O3. The highest BCUT2D eigenvalue weighted by Gasteiger charge is 2.18. The predicted molar refractivity (Wildman–Crippen MR) is 137 cm³/mol. The maximum absolute atomic E-state index is 13.7. The number of imidazole rings is 1. The first kappa shape index (κ1) is 21.3. The predicted octanol–water partition coefficient (Wildman–Crippen LogP) is 4.21. The summed E-state index contributed by atoms with van der Waals surface area (Å²) in [5, 5.41) is 16.0. The number of anilines is 1. The second kappa shape index (κ2) is 8.52. The summed E-state index contributed by atoms with van der Waals surface area (Å²) < 4.78 is 3.51. The van der Waals surface area contributed by atoms with Crippen LogP contribution in [0.5, 0.6) is 0 Å². The van der Waals surface area contributed by atoms with Gasteiger partial charge in [0.25, 0.3) is 11.2 Å². The van der Waals surface area contributed by atoms with Crippen LogP contribution >= 0.6 is 0 Å². The van der Waals surface area contributed by atoms with E-state index in [0.717, 1.165) is 42.9 Å². The fourth-order valence-corrected chi connectivity index (χ4v) is 4.95. The van der Waals surface area contributed by atoms with Crippen molar-refractivity contribution >= 4 is 39.0 Å². The smallest absolute Gasteiger partial charge is 0.269 e. The lowest BCUT2D eigenvalue weighted by molar-refractivity contribution is -0.384. The van der Waals surface area contributed by atoms with E-state index in [2.05, 4.69) is 10.2 Å². The molecule has 0 amide bonds. The average molecular weight is 469 g/mol. The van der Waals surface area contributed by atoms with E-state index in [1.54, 1.807) is 22.8 Å². The number of nitro groups is 1. The fraction of sp³-hybridized carbons (Fsp3) is 0.231. The van der Waals surface area contributed by atoms with E-state index < -0.39 is 4.92 Å². The Morgan fingerprint density at radius 2 is 1.71 bits per heavy atom. The summed E-state index contributed by atoms with van der Waals surface area (Å²) >= 11 is 0. The molecule has 3 aromatic heterocycles. The monoisotopic (exact) mass is 468 g/mol. The van der Waals surface area contributed by atoms with Crippen LogP contribution in [0, 0.1) is 10.1 Å². The second-order valence-corrected chi connectivity index (χ2v) is 8.87. The molecule has 2 aromatic carbocycles. The van der Waals surface area contributed by atoms with E-state index in [0.29, 0.717) is 22.2 Å². The van der Waals surface area contributed by atoms with Gasteiger partial charge in [0.05, 0.1) is 16.3 Å². The van der Waals surface area contributed by atoms with Crippen LogP contribution in [0.2, 0.25) is 0 Å². The number of pyridine rings is 2. The molecule has 176 valence electrons. The third-order valence-corrected chi connectivity index (χ3v) is 6.70. The van der Waals surface area contributed by atoms with Gasteiger partial charge in [0.1, 0.15) is 11.2 Å². The number of hydrogen-bond acceptors (Lipinski definition) is 6. The molecule has 0 aliphatic carbocycles. The molecule has 4 heterocycles. The van der Waals surface area contributed by atoms with E-state index in [9.17, 15) is 14.9 Å². The van der Waals surface area contributed by atoms with E-state index in [1.165, 1.54) is 25.0 Å². The molecule has 0 bridgehead atoms. The maximum atomic E-state index is 13.7. The molecule has 0 radical (unpaired) electrons. The molecule has 9 nitrogen and oxygen atoms in total. The number of nitro benzene ring substituents is 1. The molecule has 9 heteroatoms. The van der Waals surface area contributed by atoms with E-state index in [4.69, 9.17) is 4.98 Å². The highest BCUT2D eigenvalue weighted by atomic mass is 16.6. The average Bonchev–Trinajstić information content (AvgIpc) is 3.53. The zero-order valence-electron chi connectivity index (χ0n) is 19.1. The lowest BCUT2D eigenvalue weighted by Gasteiger charge is -2.15. The highest BCUT2D eigenvalue weighted by molar-refractivity contribution is 6.04. The lowest BCUT2D eigenvalue weighted by Crippen LogP contribution is -2.26. The minimum atomic E-state index is -0.448. The summed E-state index contributed by atoms with van der Waals surface area (Å²) in [7, 11) is 0. The first-order valence-electron chi connectivity index (χ1n) is 11.8. The Bertz CT molecular complexity index is 1630. The Kier molecular flexibility index (Phi) is 5.18. The third-order valence-electron chi connectivity index (χ3n) is 6.70. The van der Waals surface area contributed by atoms with Gasteiger partial charge in [0, 0.05) is 42.2 Å². The molecular weight excluding hydrogens is 444 g/mol. The quantitative estimate of drug-likeness (QED) is 0.296. The van der Waals surface area contributed by atoms with Gasteiger partial charge >= 0.3 is 0 Å². The minimum Gasteiger partial charge on any atom is -0.383 e. The number of aromatic nitrogens is 3. The molecule has 1 N–H and O–H groups in total. The molecule has 1 fully saturated rings. The molecule has 35 heavy (non-hydrogen) atoms. The highest BCUT2D eigenvalue weighted by Crippen LogP contribution is 2.27. The van der Waals surface area contributed by atoms with Crippen molar-refractivity contribution < 1.29 is 4.92 Å². The lowest BCUT2D eigenvalue weighted by atomic mass is 10.1. The standard InChI is InChI=1S/C26H24N6O3/c33-26-22-6-2-1-5-21(22)24-25(31(26)19-8-10-20(11-9-19)32(34)35)30-17-18(7-12-23(30)28-24)27-13-16-29-14-3-4-15-29/h1-2,5-12,17,27H,3-4,13-16H2. The van der Waals surface area contributed by atoms with Gasteiger partial charge in [-0.25, -0.2) is 4.98 Å². The van der Waals surface area contributed by atoms with E-state index in [-0.39, 0.29) is 11.2 Å². The van der Waals surface area contributed by atoms with E-state index in [1.807, 2.05) is 40.9 Å². The molecule has 0 saturated carbocycles. The van der Waals surface area contributed by atoms with Gasteiger partial charge < -0.3 is 10.2 Å². The summed E-state index contributed by atoms with van der Waals surface area (Å²) in [5.74, 6) is 0. The van der Waals surface area contributed by atoms with Crippen molar-refractivity contribution in [1.82, 2.24) is 18.9 Å². The van der Waals surface area contributed by atoms with Crippen LogP contribution in [0.25, 0.3) is 33.3 Å². The van der Waals surface area contributed by atoms with Crippen LogP contribution in [0.1, 0.15) is 12.8 Å². The van der Waals surface area contributed by atoms with Gasteiger partial charge in [0.15, 0.2) is 5.65 Å². The Morgan fingerprint density at radius 3 is 2.46 bits per heavy atom. The van der Waals surface area contributed by atoms with Crippen molar-refractivity contribution in [2.45, 2.75) is 12.8 Å². The Labute approximate surface area is 200 Å². The summed E-state index contributed by atoms with van der Waals surface area (Å²) in [6, 6.07) is 17.4. The molecule has 1 saturated heterocycles. The molecule has 1 aliphatic rings. The number of rotatable bonds is 6. The van der Waals surface area contributed by atoms with Crippen molar-refractivity contribution in [1.29, 1.82) is 0 Å². The molecule has 0 unspecified atom stereocenters. The van der Waals surface area contributed by atoms with Crippen molar-refractivity contribution in [2.75, 3.05) is 31.5 Å². The Balaban J connectivity index is 1.52. The van der Waals surface area contributed by atoms with Crippen LogP contribution in [0.3, 0.4) is 0 Å². The van der Waals surface area contributed by atoms with Crippen molar-refractivity contribution in [3.05, 3.63) is 87.3 Å². The minimum absolute atomic E-state index is 0.0264. The van der Waals surface area contributed by atoms with Crippen LogP contribution in [-0.4, -0.2) is 50.0 Å². The van der Waals surface area contributed by atoms with Gasteiger partial charge in [-0.05, 0) is 56.3 Å². The molecule has 0 spiro atoms. The topological polar surface area (TPSA) is 97.7 Å². The van der Waals surface area contributed by atoms with Gasteiger partial charge in [-0.15, -0.1) is 0 Å². The zero-order chi connectivity index (χ0) is 23.9. The molecule has 0 atom stereocenters. The number of nitrogens with one attached hydrogen (secondary N) is 1. The summed E-state index contributed by atoms with van der Waals surface area (Å²) in [5.41, 5.74) is 3.31. The van der Waals surface area contributed by atoms with Crippen molar-refractivity contribution in [3.63, 3.8) is 0 Å². The van der Waals surface area contributed by atoms with Crippen LogP contribution < -0.4 is 10.9 Å². The fourth-order valence-electron chi connectivity index (χ4n) is 4.95. The molecule has 5 aromatic rings. The number of nitrogens with zero attached hydrogens (tertiary/aromatic N) is 5. The zero-order valence-corrected chi connectivity index (χ0v) is 19.1. The maximum Gasteiger partial charge on any atom is 0.269 e. The number of non-ortho nitro benzene ring substituents is 1. The number of hydrogen-bond donors (Lipinski definition) is 1. The largest absolute Gasteiger partial charge is 0.383 e. The van der Waals surface area contributed by atoms with Gasteiger partial charge in [-0.3, -0.25) is 23.9 Å².